The Hall–Kier alpha value is -1.02. The van der Waals surface area contributed by atoms with Crippen molar-refractivity contribution in [3.63, 3.8) is 0 Å². The molecule has 0 radical (unpaired) electrons. The summed E-state index contributed by atoms with van der Waals surface area (Å²) in [5, 5.41) is 3.59. The topological polar surface area (TPSA) is 21.3 Å². The lowest BCUT2D eigenvalue weighted by Crippen LogP contribution is -2.29. The normalized spacial score (nSPS) is 17.1. The standard InChI is InChI=1S/C14H21NO/c1-11(13-6-7-13)15-9-8-12-4-3-5-14(10-12)16-2/h3-5,10-11,13,15H,6-9H2,1-2H3. The van der Waals surface area contributed by atoms with E-state index in [1.807, 2.05) is 6.07 Å². The second-order valence-corrected chi connectivity index (χ2v) is 4.68. The highest BCUT2D eigenvalue weighted by Crippen LogP contribution is 2.32. The Labute approximate surface area is 98.0 Å². The van der Waals surface area contributed by atoms with E-state index in [1.54, 1.807) is 7.11 Å². The van der Waals surface area contributed by atoms with E-state index in [-0.39, 0.29) is 0 Å². The van der Waals surface area contributed by atoms with Gasteiger partial charge >= 0.3 is 0 Å². The molecule has 2 rings (SSSR count). The van der Waals surface area contributed by atoms with Crippen molar-refractivity contribution in [2.24, 2.45) is 5.92 Å². The maximum absolute atomic E-state index is 5.21. The van der Waals surface area contributed by atoms with Crippen molar-refractivity contribution in [3.8, 4) is 5.75 Å². The molecule has 0 heterocycles. The molecule has 1 unspecified atom stereocenters. The second-order valence-electron chi connectivity index (χ2n) is 4.68. The van der Waals surface area contributed by atoms with Crippen LogP contribution in [-0.2, 0) is 6.42 Å². The van der Waals surface area contributed by atoms with Gasteiger partial charge in [0.1, 0.15) is 5.75 Å². The molecule has 0 bridgehead atoms. The minimum absolute atomic E-state index is 0.686. The zero-order valence-corrected chi connectivity index (χ0v) is 10.2. The first kappa shape index (κ1) is 11.5. The van der Waals surface area contributed by atoms with E-state index < -0.39 is 0 Å². The third-order valence-corrected chi connectivity index (χ3v) is 3.34. The van der Waals surface area contributed by atoms with Crippen molar-refractivity contribution in [2.75, 3.05) is 13.7 Å². The van der Waals surface area contributed by atoms with E-state index in [0.29, 0.717) is 6.04 Å². The molecule has 1 atom stereocenters. The highest BCUT2D eigenvalue weighted by Gasteiger charge is 2.27. The Bertz CT molecular complexity index is 333. The van der Waals surface area contributed by atoms with E-state index in [2.05, 4.69) is 30.4 Å². The lowest BCUT2D eigenvalue weighted by atomic mass is 10.1. The van der Waals surface area contributed by atoms with Crippen molar-refractivity contribution >= 4 is 0 Å². The molecule has 1 aliphatic carbocycles. The summed E-state index contributed by atoms with van der Waals surface area (Å²) in [6.07, 6.45) is 3.90. The first-order valence-electron chi connectivity index (χ1n) is 6.16. The molecule has 0 saturated heterocycles. The van der Waals surface area contributed by atoms with Gasteiger partial charge in [0.15, 0.2) is 0 Å². The summed E-state index contributed by atoms with van der Waals surface area (Å²) in [6.45, 7) is 3.36. The largest absolute Gasteiger partial charge is 0.497 e. The maximum atomic E-state index is 5.21. The lowest BCUT2D eigenvalue weighted by molar-refractivity contribution is 0.414. The van der Waals surface area contributed by atoms with Crippen LogP contribution in [0.4, 0.5) is 0 Å². The molecule has 0 aliphatic heterocycles. The molecular formula is C14H21NO. The Morgan fingerprint density at radius 2 is 2.25 bits per heavy atom. The molecule has 0 spiro atoms. The lowest BCUT2D eigenvalue weighted by Gasteiger charge is -2.12. The molecule has 1 aromatic carbocycles. The Kier molecular flexibility index (Phi) is 3.83. The second kappa shape index (κ2) is 5.35. The summed E-state index contributed by atoms with van der Waals surface area (Å²) < 4.78 is 5.21. The van der Waals surface area contributed by atoms with Gasteiger partial charge in [0, 0.05) is 6.04 Å². The number of hydrogen-bond donors (Lipinski definition) is 1. The van der Waals surface area contributed by atoms with Gasteiger partial charge in [-0.25, -0.2) is 0 Å². The molecule has 88 valence electrons. The Balaban J connectivity index is 1.75. The van der Waals surface area contributed by atoms with Crippen LogP contribution < -0.4 is 10.1 Å². The summed E-state index contributed by atoms with van der Waals surface area (Å²) in [4.78, 5) is 0. The van der Waals surface area contributed by atoms with Crippen LogP contribution in [0.15, 0.2) is 24.3 Å². The number of nitrogens with one attached hydrogen (secondary N) is 1. The molecule has 1 fully saturated rings. The summed E-state index contributed by atoms with van der Waals surface area (Å²) >= 11 is 0. The fraction of sp³-hybridized carbons (Fsp3) is 0.571. The molecule has 1 N–H and O–H groups in total. The SMILES string of the molecule is COc1cccc(CCNC(C)C2CC2)c1. The van der Waals surface area contributed by atoms with E-state index in [9.17, 15) is 0 Å². The monoisotopic (exact) mass is 219 g/mol. The van der Waals surface area contributed by atoms with Gasteiger partial charge in [0.2, 0.25) is 0 Å². The van der Waals surface area contributed by atoms with Crippen LogP contribution in [0.25, 0.3) is 0 Å². The minimum Gasteiger partial charge on any atom is -0.497 e. The summed E-state index contributed by atoms with van der Waals surface area (Å²) in [7, 11) is 1.71. The van der Waals surface area contributed by atoms with Crippen molar-refractivity contribution in [1.29, 1.82) is 0 Å². The van der Waals surface area contributed by atoms with Crippen LogP contribution in [0, 0.1) is 5.92 Å². The molecule has 16 heavy (non-hydrogen) atoms. The highest BCUT2D eigenvalue weighted by atomic mass is 16.5. The molecule has 0 aromatic heterocycles. The van der Waals surface area contributed by atoms with E-state index >= 15 is 0 Å². The third-order valence-electron chi connectivity index (χ3n) is 3.34. The fourth-order valence-corrected chi connectivity index (χ4v) is 2.04. The minimum atomic E-state index is 0.686. The van der Waals surface area contributed by atoms with Crippen LogP contribution in [0.5, 0.6) is 5.75 Å². The molecular weight excluding hydrogens is 198 g/mol. The maximum Gasteiger partial charge on any atom is 0.119 e. The molecule has 2 heteroatoms. The molecule has 0 amide bonds. The number of methoxy groups -OCH3 is 1. The van der Waals surface area contributed by atoms with Crippen molar-refractivity contribution in [1.82, 2.24) is 5.32 Å². The Morgan fingerprint density at radius 3 is 2.94 bits per heavy atom. The average Bonchev–Trinajstić information content (AvgIpc) is 3.13. The predicted octanol–water partition coefficient (Wildman–Crippen LogP) is 2.63. The number of hydrogen-bond acceptors (Lipinski definition) is 2. The Morgan fingerprint density at radius 1 is 1.44 bits per heavy atom. The fourth-order valence-electron chi connectivity index (χ4n) is 2.04. The van der Waals surface area contributed by atoms with Crippen LogP contribution in [0.1, 0.15) is 25.3 Å². The van der Waals surface area contributed by atoms with Gasteiger partial charge < -0.3 is 10.1 Å². The van der Waals surface area contributed by atoms with Crippen molar-refractivity contribution < 1.29 is 4.74 Å². The van der Waals surface area contributed by atoms with E-state index in [1.165, 1.54) is 18.4 Å². The smallest absolute Gasteiger partial charge is 0.119 e. The first-order valence-corrected chi connectivity index (χ1v) is 6.16. The van der Waals surface area contributed by atoms with Gasteiger partial charge in [0.05, 0.1) is 7.11 Å². The van der Waals surface area contributed by atoms with Crippen molar-refractivity contribution in [3.05, 3.63) is 29.8 Å². The molecule has 2 nitrogen and oxygen atoms in total. The van der Waals surface area contributed by atoms with Gasteiger partial charge in [-0.1, -0.05) is 12.1 Å². The van der Waals surface area contributed by atoms with Gasteiger partial charge in [-0.15, -0.1) is 0 Å². The van der Waals surface area contributed by atoms with Gasteiger partial charge in [-0.2, -0.15) is 0 Å². The molecule has 1 saturated carbocycles. The number of benzene rings is 1. The molecule has 1 aliphatic rings. The number of ether oxygens (including phenoxy) is 1. The highest BCUT2D eigenvalue weighted by molar-refractivity contribution is 5.28. The average molecular weight is 219 g/mol. The van der Waals surface area contributed by atoms with Gasteiger partial charge in [0.25, 0.3) is 0 Å². The third kappa shape index (κ3) is 3.24. The summed E-state index contributed by atoms with van der Waals surface area (Å²) in [5.41, 5.74) is 1.34. The summed E-state index contributed by atoms with van der Waals surface area (Å²) in [5.74, 6) is 1.89. The quantitative estimate of drug-likeness (QED) is 0.794. The van der Waals surface area contributed by atoms with Crippen LogP contribution in [-0.4, -0.2) is 19.7 Å². The van der Waals surface area contributed by atoms with E-state index in [0.717, 1.165) is 24.6 Å². The number of rotatable bonds is 6. The zero-order chi connectivity index (χ0) is 11.4. The zero-order valence-electron chi connectivity index (χ0n) is 10.2. The molecule has 1 aromatic rings. The van der Waals surface area contributed by atoms with Crippen molar-refractivity contribution in [2.45, 2.75) is 32.2 Å². The van der Waals surface area contributed by atoms with Gasteiger partial charge in [-0.3, -0.25) is 0 Å². The van der Waals surface area contributed by atoms with Gasteiger partial charge in [-0.05, 0) is 56.3 Å². The van der Waals surface area contributed by atoms with Crippen LogP contribution in [0.2, 0.25) is 0 Å². The van der Waals surface area contributed by atoms with E-state index in [4.69, 9.17) is 4.74 Å². The van der Waals surface area contributed by atoms with Crippen LogP contribution >= 0.6 is 0 Å². The predicted molar refractivity (Wildman–Crippen MR) is 66.9 cm³/mol. The first-order chi connectivity index (χ1) is 7.79. The van der Waals surface area contributed by atoms with Crippen LogP contribution in [0.3, 0.4) is 0 Å². The summed E-state index contributed by atoms with van der Waals surface area (Å²) in [6, 6.07) is 9.00.